The zero-order chi connectivity index (χ0) is 29.2. The summed E-state index contributed by atoms with van der Waals surface area (Å²) in [5.74, 6) is -3.04. The lowest BCUT2D eigenvalue weighted by molar-refractivity contribution is 0.0728. The fraction of sp³-hybridized carbons (Fsp3) is 0.206. The van der Waals surface area contributed by atoms with Gasteiger partial charge in [0, 0.05) is 5.56 Å². The van der Waals surface area contributed by atoms with Gasteiger partial charge in [-0.05, 0) is 78.4 Å². The van der Waals surface area contributed by atoms with Crippen molar-refractivity contribution in [3.63, 3.8) is 0 Å². The minimum absolute atomic E-state index is 0.0175. The summed E-state index contributed by atoms with van der Waals surface area (Å²) in [6, 6.07) is 20.1. The third-order valence-corrected chi connectivity index (χ3v) is 6.37. The fourth-order valence-electron chi connectivity index (χ4n) is 4.08. The molecule has 212 valence electrons. The first-order valence-electron chi connectivity index (χ1n) is 13.5. The highest BCUT2D eigenvalue weighted by molar-refractivity contribution is 5.92. The van der Waals surface area contributed by atoms with E-state index in [0.717, 1.165) is 25.7 Å². The SMILES string of the molecule is C=CCCCOc1ccc(-c2ccc(OC(=O)c3ccc(-c4ccc(OCCCC)cc4)c(F)c3F)cc2)cc1F. The summed E-state index contributed by atoms with van der Waals surface area (Å²) in [6.07, 6.45) is 5.23. The van der Waals surface area contributed by atoms with E-state index in [1.165, 1.54) is 30.3 Å². The molecular weight excluding hydrogens is 529 g/mol. The second-order valence-electron chi connectivity index (χ2n) is 9.35. The van der Waals surface area contributed by atoms with E-state index in [0.29, 0.717) is 35.7 Å². The van der Waals surface area contributed by atoms with Crippen LogP contribution < -0.4 is 14.2 Å². The Hall–Kier alpha value is -4.52. The summed E-state index contributed by atoms with van der Waals surface area (Å²) in [6.45, 7) is 6.67. The van der Waals surface area contributed by atoms with E-state index in [4.69, 9.17) is 14.2 Å². The molecule has 4 nitrogen and oxygen atoms in total. The standard InChI is InChI=1S/C34H31F3O4/c1-3-5-7-21-40-31-19-12-25(22-30(31)35)23-8-15-27(16-9-23)41-34(38)29-18-17-28(32(36)33(29)37)24-10-13-26(14-11-24)39-20-6-4-2/h3,8-19,22H,1,4-7,20-21H2,2H3. The molecule has 41 heavy (non-hydrogen) atoms. The van der Waals surface area contributed by atoms with E-state index >= 15 is 0 Å². The molecule has 0 aliphatic carbocycles. The summed E-state index contributed by atoms with van der Waals surface area (Å²) < 4.78 is 60.7. The summed E-state index contributed by atoms with van der Waals surface area (Å²) >= 11 is 0. The van der Waals surface area contributed by atoms with Crippen molar-refractivity contribution >= 4 is 5.97 Å². The van der Waals surface area contributed by atoms with Crippen molar-refractivity contribution in [3.05, 3.63) is 115 Å². The van der Waals surface area contributed by atoms with Gasteiger partial charge >= 0.3 is 5.97 Å². The predicted octanol–water partition coefficient (Wildman–Crippen LogP) is 9.18. The number of carbonyl (C=O) groups excluding carboxylic acids is 1. The van der Waals surface area contributed by atoms with E-state index < -0.39 is 29.0 Å². The largest absolute Gasteiger partial charge is 0.494 e. The van der Waals surface area contributed by atoms with Gasteiger partial charge in [0.15, 0.2) is 23.2 Å². The number of carbonyl (C=O) groups is 1. The van der Waals surface area contributed by atoms with Gasteiger partial charge in [-0.3, -0.25) is 0 Å². The molecule has 0 aromatic heterocycles. The van der Waals surface area contributed by atoms with Crippen LogP contribution in [0.3, 0.4) is 0 Å². The van der Waals surface area contributed by atoms with Crippen LogP contribution in [0.15, 0.2) is 91.5 Å². The van der Waals surface area contributed by atoms with Crippen molar-refractivity contribution in [3.8, 4) is 39.5 Å². The Balaban J connectivity index is 1.41. The maximum Gasteiger partial charge on any atom is 0.346 e. The van der Waals surface area contributed by atoms with Crippen LogP contribution in [0.1, 0.15) is 43.0 Å². The van der Waals surface area contributed by atoms with Crippen molar-refractivity contribution in [2.24, 2.45) is 0 Å². The number of esters is 1. The van der Waals surface area contributed by atoms with E-state index in [9.17, 15) is 18.0 Å². The molecule has 0 heterocycles. The van der Waals surface area contributed by atoms with Crippen LogP contribution in [0, 0.1) is 17.5 Å². The third kappa shape index (κ3) is 7.57. The number of allylic oxidation sites excluding steroid dienone is 1. The summed E-state index contributed by atoms with van der Waals surface area (Å²) in [7, 11) is 0. The lowest BCUT2D eigenvalue weighted by Gasteiger charge is -2.11. The van der Waals surface area contributed by atoms with Gasteiger partial charge in [0.25, 0.3) is 0 Å². The minimum atomic E-state index is -1.30. The van der Waals surface area contributed by atoms with Gasteiger partial charge in [0.05, 0.1) is 18.8 Å². The summed E-state index contributed by atoms with van der Waals surface area (Å²) in [5, 5.41) is 0. The molecule has 0 radical (unpaired) electrons. The van der Waals surface area contributed by atoms with E-state index in [2.05, 4.69) is 13.5 Å². The van der Waals surface area contributed by atoms with Crippen molar-refractivity contribution in [1.29, 1.82) is 0 Å². The molecule has 0 unspecified atom stereocenters. The van der Waals surface area contributed by atoms with Crippen LogP contribution in [-0.4, -0.2) is 19.2 Å². The Kier molecular flexibility index (Phi) is 10.2. The lowest BCUT2D eigenvalue weighted by Crippen LogP contribution is -2.12. The normalized spacial score (nSPS) is 10.7. The van der Waals surface area contributed by atoms with Gasteiger partial charge in [-0.1, -0.05) is 55.8 Å². The smallest absolute Gasteiger partial charge is 0.346 e. The van der Waals surface area contributed by atoms with Crippen LogP contribution in [0.2, 0.25) is 0 Å². The molecule has 0 saturated heterocycles. The highest BCUT2D eigenvalue weighted by atomic mass is 19.2. The number of ether oxygens (including phenoxy) is 3. The summed E-state index contributed by atoms with van der Waals surface area (Å²) in [5.41, 5.74) is 1.21. The Labute approximate surface area is 238 Å². The monoisotopic (exact) mass is 560 g/mol. The van der Waals surface area contributed by atoms with Gasteiger partial charge in [-0.15, -0.1) is 6.58 Å². The van der Waals surface area contributed by atoms with Gasteiger partial charge in [0.2, 0.25) is 0 Å². The van der Waals surface area contributed by atoms with Gasteiger partial charge in [-0.2, -0.15) is 0 Å². The highest BCUT2D eigenvalue weighted by Gasteiger charge is 2.21. The number of hydrogen-bond donors (Lipinski definition) is 0. The first-order valence-corrected chi connectivity index (χ1v) is 13.5. The zero-order valence-corrected chi connectivity index (χ0v) is 22.8. The molecule has 0 N–H and O–H groups in total. The van der Waals surface area contributed by atoms with Crippen LogP contribution >= 0.6 is 0 Å². The van der Waals surface area contributed by atoms with Gasteiger partial charge in [-0.25, -0.2) is 18.0 Å². The van der Waals surface area contributed by atoms with Crippen molar-refractivity contribution in [2.75, 3.05) is 13.2 Å². The number of hydrogen-bond acceptors (Lipinski definition) is 4. The first-order chi connectivity index (χ1) is 19.9. The molecule has 7 heteroatoms. The van der Waals surface area contributed by atoms with E-state index in [1.54, 1.807) is 54.6 Å². The van der Waals surface area contributed by atoms with Crippen molar-refractivity contribution in [1.82, 2.24) is 0 Å². The molecule has 0 bridgehead atoms. The van der Waals surface area contributed by atoms with Gasteiger partial charge in [0.1, 0.15) is 11.5 Å². The molecule has 4 rings (SSSR count). The first kappa shape index (κ1) is 29.5. The van der Waals surface area contributed by atoms with Crippen LogP contribution in [-0.2, 0) is 0 Å². The van der Waals surface area contributed by atoms with Crippen LogP contribution in [0.5, 0.6) is 17.2 Å². The van der Waals surface area contributed by atoms with Crippen molar-refractivity contribution in [2.45, 2.75) is 32.6 Å². The third-order valence-electron chi connectivity index (χ3n) is 6.37. The Morgan fingerprint density at radius 2 is 1.41 bits per heavy atom. The molecule has 0 atom stereocenters. The molecular formula is C34H31F3O4. The Morgan fingerprint density at radius 3 is 2.10 bits per heavy atom. The molecule has 4 aromatic rings. The molecule has 0 saturated carbocycles. The van der Waals surface area contributed by atoms with E-state index in [-0.39, 0.29) is 17.1 Å². The summed E-state index contributed by atoms with van der Waals surface area (Å²) in [4.78, 5) is 12.7. The Morgan fingerprint density at radius 1 is 0.756 bits per heavy atom. The lowest BCUT2D eigenvalue weighted by atomic mass is 10.0. The van der Waals surface area contributed by atoms with Crippen LogP contribution in [0.4, 0.5) is 13.2 Å². The number of benzene rings is 4. The number of rotatable bonds is 13. The maximum atomic E-state index is 14.9. The Bertz CT molecular complexity index is 1480. The molecule has 0 fully saturated rings. The second kappa shape index (κ2) is 14.2. The number of unbranched alkanes of at least 4 members (excludes halogenated alkanes) is 2. The molecule has 0 aliphatic heterocycles. The maximum absolute atomic E-state index is 14.9. The molecule has 0 amide bonds. The van der Waals surface area contributed by atoms with Crippen LogP contribution in [0.25, 0.3) is 22.3 Å². The minimum Gasteiger partial charge on any atom is -0.494 e. The molecule has 0 spiro atoms. The van der Waals surface area contributed by atoms with E-state index in [1.807, 2.05) is 0 Å². The molecule has 0 aliphatic rings. The topological polar surface area (TPSA) is 44.8 Å². The zero-order valence-electron chi connectivity index (χ0n) is 22.8. The highest BCUT2D eigenvalue weighted by Crippen LogP contribution is 2.30. The predicted molar refractivity (Wildman–Crippen MR) is 154 cm³/mol. The average Bonchev–Trinajstić information content (AvgIpc) is 2.98. The molecule has 4 aromatic carbocycles. The average molecular weight is 561 g/mol. The van der Waals surface area contributed by atoms with Gasteiger partial charge < -0.3 is 14.2 Å². The fourth-order valence-corrected chi connectivity index (χ4v) is 4.08. The second-order valence-corrected chi connectivity index (χ2v) is 9.35. The quantitative estimate of drug-likeness (QED) is 0.0708. The number of halogens is 3. The van der Waals surface area contributed by atoms with Crippen molar-refractivity contribution < 1.29 is 32.2 Å².